The number of alkyl halides is 2. The first-order valence-electron chi connectivity index (χ1n) is 7.26. The number of carbonyl (C=O) groups excluding carboxylic acids is 1. The van der Waals surface area contributed by atoms with Gasteiger partial charge in [0.2, 0.25) is 0 Å². The fourth-order valence-corrected chi connectivity index (χ4v) is 1.95. The molecule has 3 N–H and O–H groups in total. The summed E-state index contributed by atoms with van der Waals surface area (Å²) in [6.45, 7) is 4.75. The monoisotopic (exact) mass is 345 g/mol. The van der Waals surface area contributed by atoms with Gasteiger partial charge < -0.3 is 20.3 Å². The highest BCUT2D eigenvalue weighted by atomic mass is 19.3. The third-order valence-electron chi connectivity index (χ3n) is 3.04. The van der Waals surface area contributed by atoms with Crippen LogP contribution in [0.5, 0.6) is 0 Å². The van der Waals surface area contributed by atoms with Crippen molar-refractivity contribution in [3.8, 4) is 0 Å². The van der Waals surface area contributed by atoms with E-state index in [0.29, 0.717) is 5.56 Å². The number of carbonyl (C=O) groups is 2. The summed E-state index contributed by atoms with van der Waals surface area (Å²) in [5, 5.41) is 20.5. The molecule has 0 spiro atoms. The van der Waals surface area contributed by atoms with Crippen LogP contribution in [-0.2, 0) is 16.0 Å². The number of amides is 1. The zero-order valence-corrected chi connectivity index (χ0v) is 13.6. The van der Waals surface area contributed by atoms with Crippen molar-refractivity contribution in [3.63, 3.8) is 0 Å². The van der Waals surface area contributed by atoms with Gasteiger partial charge in [-0.25, -0.2) is 9.59 Å². The lowest BCUT2D eigenvalue weighted by Crippen LogP contribution is -2.56. The molecule has 6 nitrogen and oxygen atoms in total. The Kier molecular flexibility index (Phi) is 6.25. The summed E-state index contributed by atoms with van der Waals surface area (Å²) < 4.78 is 32.3. The molecule has 2 atom stereocenters. The lowest BCUT2D eigenvalue weighted by atomic mass is 9.97. The quantitative estimate of drug-likeness (QED) is 0.735. The maximum Gasteiger partial charge on any atom is 0.407 e. The first-order valence-corrected chi connectivity index (χ1v) is 7.26. The highest BCUT2D eigenvalue weighted by Crippen LogP contribution is 2.23. The third-order valence-corrected chi connectivity index (χ3v) is 3.04. The zero-order valence-electron chi connectivity index (χ0n) is 13.6. The highest BCUT2D eigenvalue weighted by Gasteiger charge is 2.51. The number of hydrogen-bond acceptors (Lipinski definition) is 4. The molecule has 0 heterocycles. The van der Waals surface area contributed by atoms with Crippen LogP contribution in [0.4, 0.5) is 13.6 Å². The van der Waals surface area contributed by atoms with Crippen molar-refractivity contribution in [2.45, 2.75) is 50.9 Å². The molecule has 8 heteroatoms. The molecule has 1 aromatic rings. The first kappa shape index (κ1) is 19.8. The standard InChI is InChI=1S/C16H21F2NO5/c1-15(2,3)24-14(23)19-11(9-10-7-5-4-6-8-10)12(20)16(17,18)13(21)22/h4-8,11-12,20H,9H2,1-3H3,(H,19,23)(H,21,22)/t11-,12+/m0/s1. The lowest BCUT2D eigenvalue weighted by molar-refractivity contribution is -0.185. The van der Waals surface area contributed by atoms with Crippen molar-refractivity contribution in [2.75, 3.05) is 0 Å². The van der Waals surface area contributed by atoms with Gasteiger partial charge in [0.05, 0.1) is 6.04 Å². The maximum absolute atomic E-state index is 13.6. The van der Waals surface area contributed by atoms with Gasteiger partial charge in [-0.05, 0) is 32.8 Å². The first-order chi connectivity index (χ1) is 10.9. The highest BCUT2D eigenvalue weighted by molar-refractivity contribution is 5.76. The second-order valence-electron chi connectivity index (χ2n) is 6.32. The number of carboxylic acid groups (broad SMARTS) is 1. The second kappa shape index (κ2) is 7.57. The van der Waals surface area contributed by atoms with Crippen molar-refractivity contribution >= 4 is 12.1 Å². The number of alkyl carbamates (subject to hydrolysis) is 1. The molecule has 24 heavy (non-hydrogen) atoms. The summed E-state index contributed by atoms with van der Waals surface area (Å²) >= 11 is 0. The van der Waals surface area contributed by atoms with Crippen LogP contribution < -0.4 is 5.32 Å². The Bertz CT molecular complexity index is 572. The van der Waals surface area contributed by atoms with E-state index in [1.54, 1.807) is 51.1 Å². The van der Waals surface area contributed by atoms with Crippen molar-refractivity contribution in [2.24, 2.45) is 0 Å². The number of aliphatic hydroxyl groups is 1. The number of rotatable bonds is 6. The summed E-state index contributed by atoms with van der Waals surface area (Å²) in [4.78, 5) is 22.5. The maximum atomic E-state index is 13.6. The SMILES string of the molecule is CC(C)(C)OC(=O)N[C@@H](Cc1ccccc1)[C@@H](O)C(F)(F)C(=O)O. The number of carboxylic acids is 1. The number of aliphatic carboxylic acids is 1. The normalized spacial score (nSPS) is 14.6. The predicted octanol–water partition coefficient (Wildman–Crippen LogP) is 2.20. The van der Waals surface area contributed by atoms with E-state index in [-0.39, 0.29) is 6.42 Å². The Balaban J connectivity index is 2.99. The van der Waals surface area contributed by atoms with Crippen LogP contribution in [0, 0.1) is 0 Å². The smallest absolute Gasteiger partial charge is 0.407 e. The van der Waals surface area contributed by atoms with Crippen LogP contribution >= 0.6 is 0 Å². The minimum absolute atomic E-state index is 0.190. The molecule has 0 aromatic heterocycles. The molecule has 0 fully saturated rings. The van der Waals surface area contributed by atoms with E-state index in [4.69, 9.17) is 9.84 Å². The van der Waals surface area contributed by atoms with Crippen LogP contribution in [0.15, 0.2) is 30.3 Å². The summed E-state index contributed by atoms with van der Waals surface area (Å²) in [5.41, 5.74) is -0.333. The molecular weight excluding hydrogens is 324 g/mol. The van der Waals surface area contributed by atoms with Gasteiger partial charge in [0.1, 0.15) is 11.7 Å². The number of hydrogen-bond donors (Lipinski definition) is 3. The average Bonchev–Trinajstić information content (AvgIpc) is 2.44. The molecule has 0 aliphatic rings. The summed E-state index contributed by atoms with van der Waals surface area (Å²) in [6.07, 6.45) is -3.84. The molecule has 0 aliphatic heterocycles. The topological polar surface area (TPSA) is 95.9 Å². The number of halogens is 2. The van der Waals surface area contributed by atoms with E-state index in [1.165, 1.54) is 0 Å². The van der Waals surface area contributed by atoms with Crippen LogP contribution in [0.2, 0.25) is 0 Å². The minimum atomic E-state index is -4.42. The van der Waals surface area contributed by atoms with Gasteiger partial charge in [-0.15, -0.1) is 0 Å². The van der Waals surface area contributed by atoms with Gasteiger partial charge in [0.15, 0.2) is 0 Å². The molecule has 0 aliphatic carbocycles. The third kappa shape index (κ3) is 5.77. The van der Waals surface area contributed by atoms with E-state index < -0.39 is 35.7 Å². The van der Waals surface area contributed by atoms with Crippen LogP contribution in [0.3, 0.4) is 0 Å². The van der Waals surface area contributed by atoms with Crippen LogP contribution in [-0.4, -0.2) is 45.9 Å². The fraction of sp³-hybridized carbons (Fsp3) is 0.500. The molecule has 0 saturated heterocycles. The van der Waals surface area contributed by atoms with E-state index >= 15 is 0 Å². The van der Waals surface area contributed by atoms with Crippen molar-refractivity contribution in [1.29, 1.82) is 0 Å². The van der Waals surface area contributed by atoms with Gasteiger partial charge in [0, 0.05) is 0 Å². The van der Waals surface area contributed by atoms with Gasteiger partial charge in [0.25, 0.3) is 0 Å². The van der Waals surface area contributed by atoms with Gasteiger partial charge in [-0.1, -0.05) is 30.3 Å². The molecule has 134 valence electrons. The molecule has 0 bridgehead atoms. The van der Waals surface area contributed by atoms with E-state index in [0.717, 1.165) is 0 Å². The average molecular weight is 345 g/mol. The van der Waals surface area contributed by atoms with Crippen molar-refractivity contribution in [3.05, 3.63) is 35.9 Å². The Labute approximate surface area is 138 Å². The van der Waals surface area contributed by atoms with Crippen molar-refractivity contribution < 1.29 is 33.3 Å². The second-order valence-corrected chi connectivity index (χ2v) is 6.32. The number of benzene rings is 1. The Hall–Kier alpha value is -2.22. The van der Waals surface area contributed by atoms with Gasteiger partial charge in [-0.2, -0.15) is 8.78 Å². The van der Waals surface area contributed by atoms with Gasteiger partial charge in [-0.3, -0.25) is 0 Å². The Morgan fingerprint density at radius 3 is 2.21 bits per heavy atom. The lowest BCUT2D eigenvalue weighted by Gasteiger charge is -2.29. The molecule has 1 rings (SSSR count). The largest absolute Gasteiger partial charge is 0.477 e. The number of ether oxygens (including phenoxy) is 1. The van der Waals surface area contributed by atoms with Gasteiger partial charge >= 0.3 is 18.0 Å². The van der Waals surface area contributed by atoms with Crippen molar-refractivity contribution in [1.82, 2.24) is 5.32 Å². The summed E-state index contributed by atoms with van der Waals surface area (Å²) in [7, 11) is 0. The summed E-state index contributed by atoms with van der Waals surface area (Å²) in [6, 6.07) is 6.68. The Morgan fingerprint density at radius 1 is 1.21 bits per heavy atom. The molecule has 0 saturated carbocycles. The van der Waals surface area contributed by atoms with E-state index in [1.807, 2.05) is 0 Å². The number of aliphatic hydroxyl groups excluding tert-OH is 1. The van der Waals surface area contributed by atoms with E-state index in [2.05, 4.69) is 5.32 Å². The van der Waals surface area contributed by atoms with Crippen LogP contribution in [0.25, 0.3) is 0 Å². The number of nitrogens with one attached hydrogen (secondary N) is 1. The molecule has 1 aromatic carbocycles. The Morgan fingerprint density at radius 2 is 1.75 bits per heavy atom. The van der Waals surface area contributed by atoms with E-state index in [9.17, 15) is 23.5 Å². The minimum Gasteiger partial charge on any atom is -0.477 e. The molecule has 1 amide bonds. The predicted molar refractivity (Wildman–Crippen MR) is 81.9 cm³/mol. The molecule has 0 radical (unpaired) electrons. The summed E-state index contributed by atoms with van der Waals surface area (Å²) in [5.74, 6) is -6.90. The molecule has 0 unspecified atom stereocenters. The molecular formula is C16H21F2NO5. The van der Waals surface area contributed by atoms with Crippen LogP contribution in [0.1, 0.15) is 26.3 Å². The fourth-order valence-electron chi connectivity index (χ4n) is 1.95. The zero-order chi connectivity index (χ0) is 18.5.